The van der Waals surface area contributed by atoms with Crippen molar-refractivity contribution < 1.29 is 4.74 Å². The molecule has 1 aliphatic heterocycles. The maximum atomic E-state index is 5.80. The molecule has 4 rings (SSSR count). The lowest BCUT2D eigenvalue weighted by molar-refractivity contribution is 0.0700. The van der Waals surface area contributed by atoms with Gasteiger partial charge in [-0.05, 0) is 68.7 Å². The molecular formula is C35H52BrN5OS. The number of benzene rings is 2. The molecule has 8 heteroatoms. The van der Waals surface area contributed by atoms with Crippen LogP contribution < -0.4 is 10.6 Å². The Morgan fingerprint density at radius 1 is 1.05 bits per heavy atom. The predicted molar refractivity (Wildman–Crippen MR) is 191 cm³/mol. The SMILES string of the molecule is CC.CC1CCC(CSCCNCc2cccc(Br)c2)O1.Cc1ncnc(NCCCc2ccccc2)c1N=CC(C)C. The Labute approximate surface area is 273 Å². The van der Waals surface area contributed by atoms with Crippen molar-refractivity contribution in [2.75, 3.05) is 29.9 Å². The molecule has 43 heavy (non-hydrogen) atoms. The molecule has 2 N–H and O–H groups in total. The number of aryl methyl sites for hydroxylation is 2. The van der Waals surface area contributed by atoms with Gasteiger partial charge in [-0.15, -0.1) is 0 Å². The molecule has 2 unspecified atom stereocenters. The van der Waals surface area contributed by atoms with E-state index in [1.165, 1.54) is 24.0 Å². The summed E-state index contributed by atoms with van der Waals surface area (Å²) < 4.78 is 6.95. The first-order chi connectivity index (χ1) is 20.9. The molecule has 0 aliphatic carbocycles. The van der Waals surface area contributed by atoms with Crippen LogP contribution in [0.5, 0.6) is 0 Å². The average Bonchev–Trinajstić information content (AvgIpc) is 3.43. The van der Waals surface area contributed by atoms with Crippen LogP contribution in [0.3, 0.4) is 0 Å². The quantitative estimate of drug-likeness (QED) is 0.132. The minimum Gasteiger partial charge on any atom is -0.374 e. The second-order valence-electron chi connectivity index (χ2n) is 10.7. The number of halogens is 1. The van der Waals surface area contributed by atoms with Crippen molar-refractivity contribution in [3.05, 3.63) is 82.2 Å². The van der Waals surface area contributed by atoms with Gasteiger partial charge in [-0.25, -0.2) is 9.97 Å². The molecule has 0 radical (unpaired) electrons. The number of nitrogens with one attached hydrogen (secondary N) is 2. The van der Waals surface area contributed by atoms with Gasteiger partial charge in [0.25, 0.3) is 0 Å². The van der Waals surface area contributed by atoms with Crippen LogP contribution in [0.4, 0.5) is 11.5 Å². The second-order valence-corrected chi connectivity index (χ2v) is 12.8. The first-order valence-electron chi connectivity index (χ1n) is 15.7. The highest BCUT2D eigenvalue weighted by atomic mass is 79.9. The molecule has 236 valence electrons. The number of nitrogens with zero attached hydrogens (tertiary/aromatic N) is 3. The van der Waals surface area contributed by atoms with Crippen LogP contribution in [0, 0.1) is 12.8 Å². The van der Waals surface area contributed by atoms with Crippen molar-refractivity contribution in [1.29, 1.82) is 0 Å². The monoisotopic (exact) mass is 669 g/mol. The lowest BCUT2D eigenvalue weighted by atomic mass is 10.1. The van der Waals surface area contributed by atoms with Crippen LogP contribution in [-0.4, -0.2) is 53.0 Å². The highest BCUT2D eigenvalue weighted by molar-refractivity contribution is 9.10. The van der Waals surface area contributed by atoms with Gasteiger partial charge in [0.1, 0.15) is 12.0 Å². The third-order valence-electron chi connectivity index (χ3n) is 6.55. The van der Waals surface area contributed by atoms with Gasteiger partial charge >= 0.3 is 0 Å². The van der Waals surface area contributed by atoms with Crippen LogP contribution in [0.25, 0.3) is 0 Å². The van der Waals surface area contributed by atoms with Gasteiger partial charge < -0.3 is 15.4 Å². The minimum atomic E-state index is 0.408. The number of ether oxygens (including phenoxy) is 1. The summed E-state index contributed by atoms with van der Waals surface area (Å²) >= 11 is 5.49. The van der Waals surface area contributed by atoms with E-state index in [0.717, 1.165) is 65.7 Å². The first kappa shape index (κ1) is 36.9. The minimum absolute atomic E-state index is 0.408. The maximum Gasteiger partial charge on any atom is 0.155 e. The van der Waals surface area contributed by atoms with E-state index >= 15 is 0 Å². The van der Waals surface area contributed by atoms with E-state index in [9.17, 15) is 0 Å². The van der Waals surface area contributed by atoms with Crippen LogP contribution in [-0.2, 0) is 17.7 Å². The first-order valence-corrected chi connectivity index (χ1v) is 17.7. The summed E-state index contributed by atoms with van der Waals surface area (Å²) in [6.07, 6.45) is 9.06. The summed E-state index contributed by atoms with van der Waals surface area (Å²) in [4.78, 5) is 13.1. The van der Waals surface area contributed by atoms with Crippen molar-refractivity contribution in [1.82, 2.24) is 15.3 Å². The van der Waals surface area contributed by atoms with E-state index in [-0.39, 0.29) is 0 Å². The number of anilines is 1. The summed E-state index contributed by atoms with van der Waals surface area (Å²) in [7, 11) is 0. The van der Waals surface area contributed by atoms with Crippen molar-refractivity contribution in [2.24, 2.45) is 10.9 Å². The number of hydrogen-bond acceptors (Lipinski definition) is 7. The van der Waals surface area contributed by atoms with Gasteiger partial charge in [0.2, 0.25) is 0 Å². The highest BCUT2D eigenvalue weighted by Gasteiger charge is 2.21. The zero-order valence-electron chi connectivity index (χ0n) is 27.0. The van der Waals surface area contributed by atoms with E-state index in [1.807, 2.05) is 44.8 Å². The molecule has 6 nitrogen and oxygen atoms in total. The molecule has 1 fully saturated rings. The Balaban J connectivity index is 0.000000286. The summed E-state index contributed by atoms with van der Waals surface area (Å²) in [5.41, 5.74) is 4.43. The Morgan fingerprint density at radius 3 is 2.51 bits per heavy atom. The summed E-state index contributed by atoms with van der Waals surface area (Å²) in [6.45, 7) is 15.2. The zero-order chi connectivity index (χ0) is 31.3. The normalized spacial score (nSPS) is 16.0. The van der Waals surface area contributed by atoms with Gasteiger partial charge in [0, 0.05) is 41.8 Å². The van der Waals surface area contributed by atoms with E-state index in [2.05, 4.69) is 111 Å². The van der Waals surface area contributed by atoms with Crippen molar-refractivity contribution in [3.63, 3.8) is 0 Å². The fourth-order valence-electron chi connectivity index (χ4n) is 4.36. The van der Waals surface area contributed by atoms with Crippen LogP contribution in [0.15, 0.2) is 70.4 Å². The largest absolute Gasteiger partial charge is 0.374 e. The highest BCUT2D eigenvalue weighted by Crippen LogP contribution is 2.25. The van der Waals surface area contributed by atoms with Gasteiger partial charge in [0.05, 0.1) is 17.9 Å². The van der Waals surface area contributed by atoms with Crippen LogP contribution >= 0.6 is 27.7 Å². The molecule has 0 saturated carbocycles. The molecule has 3 aromatic rings. The smallest absolute Gasteiger partial charge is 0.155 e. The van der Waals surface area contributed by atoms with Gasteiger partial charge in [-0.2, -0.15) is 11.8 Å². The molecule has 2 aromatic carbocycles. The van der Waals surface area contributed by atoms with Crippen LogP contribution in [0.1, 0.15) is 70.7 Å². The number of aliphatic imine (C=N–C) groups is 1. The number of thioether (sulfide) groups is 1. The Kier molecular flexibility index (Phi) is 19.1. The molecule has 0 amide bonds. The summed E-state index contributed by atoms with van der Waals surface area (Å²) in [6, 6.07) is 19.0. The molecule has 1 aliphatic rings. The molecule has 0 spiro atoms. The van der Waals surface area contributed by atoms with E-state index in [4.69, 9.17) is 4.74 Å². The number of hydrogen-bond donors (Lipinski definition) is 2. The Hall–Kier alpha value is -2.26. The second kappa shape index (κ2) is 22.3. The molecule has 2 heterocycles. The van der Waals surface area contributed by atoms with Gasteiger partial charge in [-0.3, -0.25) is 4.99 Å². The van der Waals surface area contributed by atoms with Gasteiger partial charge in [0.15, 0.2) is 5.82 Å². The predicted octanol–water partition coefficient (Wildman–Crippen LogP) is 9.05. The number of aromatic nitrogens is 2. The number of rotatable bonds is 14. The van der Waals surface area contributed by atoms with Crippen LogP contribution in [0.2, 0.25) is 0 Å². The molecule has 0 bridgehead atoms. The van der Waals surface area contributed by atoms with Crippen molar-refractivity contribution in [2.45, 2.75) is 86.0 Å². The third-order valence-corrected chi connectivity index (χ3v) is 8.14. The lowest BCUT2D eigenvalue weighted by Crippen LogP contribution is -2.18. The average molecular weight is 671 g/mol. The van der Waals surface area contributed by atoms with Crippen molar-refractivity contribution >= 4 is 45.4 Å². The van der Waals surface area contributed by atoms with Crippen molar-refractivity contribution in [3.8, 4) is 0 Å². The van der Waals surface area contributed by atoms with E-state index < -0.39 is 0 Å². The summed E-state index contributed by atoms with van der Waals surface area (Å²) in [5, 5.41) is 6.86. The lowest BCUT2D eigenvalue weighted by Gasteiger charge is -2.10. The summed E-state index contributed by atoms with van der Waals surface area (Å²) in [5.74, 6) is 3.52. The third kappa shape index (κ3) is 15.9. The maximum absolute atomic E-state index is 5.80. The zero-order valence-corrected chi connectivity index (χ0v) is 29.4. The molecular weight excluding hydrogens is 618 g/mol. The fourth-order valence-corrected chi connectivity index (χ4v) is 5.78. The van der Waals surface area contributed by atoms with E-state index in [0.29, 0.717) is 18.1 Å². The molecule has 1 saturated heterocycles. The Bertz CT molecular complexity index is 1180. The standard InChI is InChI=1S/C18H24N4.C15H22BrNOS.C2H6/c1-14(2)12-20-17-15(3)21-13-22-18(17)19-11-7-10-16-8-5-4-6-9-16;1-12-5-6-15(18-12)11-19-8-7-17-10-13-3-2-4-14(16)9-13;1-2/h4-6,8-9,12-14H,7,10-11H2,1-3H3,(H,19,21,22);2-4,9,12,15,17H,5-8,10-11H2,1H3;1-2H3. The van der Waals surface area contributed by atoms with E-state index in [1.54, 1.807) is 6.33 Å². The Morgan fingerprint density at radius 2 is 1.81 bits per heavy atom. The fraction of sp³-hybridized carbons (Fsp3) is 0.514. The van der Waals surface area contributed by atoms with Gasteiger partial charge in [-0.1, -0.05) is 86.1 Å². The molecule has 1 aromatic heterocycles. The topological polar surface area (TPSA) is 71.4 Å². The molecule has 2 atom stereocenters.